The molecule has 0 bridgehead atoms. The Morgan fingerprint density at radius 3 is 2.59 bits per heavy atom. The van der Waals surface area contributed by atoms with E-state index in [2.05, 4.69) is 80.1 Å². The lowest BCUT2D eigenvalue weighted by atomic mass is 9.85. The third-order valence-electron chi connectivity index (χ3n) is 5.73. The highest BCUT2D eigenvalue weighted by atomic mass is 32.2. The van der Waals surface area contributed by atoms with Crippen LogP contribution in [0.25, 0.3) is 16.7 Å². The van der Waals surface area contributed by atoms with Gasteiger partial charge in [0, 0.05) is 40.0 Å². The van der Waals surface area contributed by atoms with E-state index in [1.54, 1.807) is 24.9 Å². The number of benzene rings is 3. The lowest BCUT2D eigenvalue weighted by Gasteiger charge is -2.33. The quantitative estimate of drug-likeness (QED) is 0.384. The molecule has 0 saturated heterocycles. The Hall–Kier alpha value is -2.92. The van der Waals surface area contributed by atoms with Gasteiger partial charge in [0.05, 0.1) is 12.6 Å². The number of halogens is 1. The SMILES string of the molecule is COc1cc(F)ccc1-c1ccc2c(c1CNc1cccc(SC)c1)C(C)=CC(C)(C)N2. The highest BCUT2D eigenvalue weighted by molar-refractivity contribution is 7.98. The predicted molar refractivity (Wildman–Crippen MR) is 135 cm³/mol. The molecule has 0 aromatic heterocycles. The molecule has 1 heterocycles. The number of nitrogens with one attached hydrogen (secondary N) is 2. The Balaban J connectivity index is 1.85. The number of hydrogen-bond donors (Lipinski definition) is 2. The molecule has 4 rings (SSSR count). The second-order valence-electron chi connectivity index (χ2n) is 8.62. The standard InChI is InChI=1S/C27H29FN2OS/c1-17-15-27(2,3)30-24-12-11-21(22-10-9-18(28)13-25(22)31-4)23(26(17)24)16-29-19-7-6-8-20(14-19)32-5/h6-15,29-30H,16H2,1-5H3. The molecule has 32 heavy (non-hydrogen) atoms. The molecule has 3 aromatic rings. The van der Waals surface area contributed by atoms with Crippen molar-refractivity contribution < 1.29 is 9.13 Å². The maximum Gasteiger partial charge on any atom is 0.129 e. The van der Waals surface area contributed by atoms with Crippen LogP contribution in [0.15, 0.2) is 65.6 Å². The molecule has 0 saturated carbocycles. The van der Waals surface area contributed by atoms with Crippen LogP contribution in [-0.2, 0) is 6.54 Å². The number of thioether (sulfide) groups is 1. The van der Waals surface area contributed by atoms with Crippen LogP contribution in [0.5, 0.6) is 5.75 Å². The fraction of sp³-hybridized carbons (Fsp3) is 0.259. The number of rotatable bonds is 6. The van der Waals surface area contributed by atoms with Gasteiger partial charge in [-0.25, -0.2) is 4.39 Å². The van der Waals surface area contributed by atoms with Crippen molar-refractivity contribution in [3.63, 3.8) is 0 Å². The van der Waals surface area contributed by atoms with E-state index in [4.69, 9.17) is 4.74 Å². The smallest absolute Gasteiger partial charge is 0.129 e. The van der Waals surface area contributed by atoms with Crippen LogP contribution in [0.2, 0.25) is 0 Å². The number of ether oxygens (including phenoxy) is 1. The van der Waals surface area contributed by atoms with Crippen molar-refractivity contribution >= 4 is 28.7 Å². The van der Waals surface area contributed by atoms with Gasteiger partial charge in [-0.15, -0.1) is 11.8 Å². The van der Waals surface area contributed by atoms with Gasteiger partial charge in [-0.05, 0) is 80.1 Å². The largest absolute Gasteiger partial charge is 0.496 e. The zero-order chi connectivity index (χ0) is 22.9. The van der Waals surface area contributed by atoms with Crippen LogP contribution in [0.1, 0.15) is 31.9 Å². The first kappa shape index (κ1) is 22.3. The molecule has 1 aliphatic rings. The van der Waals surface area contributed by atoms with Gasteiger partial charge in [-0.2, -0.15) is 0 Å². The molecule has 0 atom stereocenters. The van der Waals surface area contributed by atoms with Gasteiger partial charge >= 0.3 is 0 Å². The summed E-state index contributed by atoms with van der Waals surface area (Å²) < 4.78 is 19.4. The number of hydrogen-bond acceptors (Lipinski definition) is 4. The molecule has 0 radical (unpaired) electrons. The summed E-state index contributed by atoms with van der Waals surface area (Å²) in [5, 5.41) is 7.24. The van der Waals surface area contributed by atoms with Crippen LogP contribution in [0.3, 0.4) is 0 Å². The van der Waals surface area contributed by atoms with Gasteiger partial charge in [0.15, 0.2) is 0 Å². The Morgan fingerprint density at radius 1 is 1.06 bits per heavy atom. The lowest BCUT2D eigenvalue weighted by Crippen LogP contribution is -2.32. The van der Waals surface area contributed by atoms with Crippen molar-refractivity contribution in [3.05, 3.63) is 77.6 Å². The van der Waals surface area contributed by atoms with E-state index >= 15 is 0 Å². The summed E-state index contributed by atoms with van der Waals surface area (Å²) in [6, 6.07) is 17.3. The number of allylic oxidation sites excluding steroid dienone is 1. The van der Waals surface area contributed by atoms with Gasteiger partial charge in [0.2, 0.25) is 0 Å². The highest BCUT2D eigenvalue weighted by Crippen LogP contribution is 2.42. The minimum atomic E-state index is -0.309. The number of methoxy groups -OCH3 is 1. The van der Waals surface area contributed by atoms with Crippen molar-refractivity contribution in [3.8, 4) is 16.9 Å². The van der Waals surface area contributed by atoms with Crippen LogP contribution in [-0.4, -0.2) is 18.9 Å². The van der Waals surface area contributed by atoms with E-state index in [9.17, 15) is 4.39 Å². The lowest BCUT2D eigenvalue weighted by molar-refractivity contribution is 0.413. The maximum absolute atomic E-state index is 13.9. The molecule has 0 aliphatic carbocycles. The molecule has 0 spiro atoms. The molecule has 166 valence electrons. The van der Waals surface area contributed by atoms with Gasteiger partial charge < -0.3 is 15.4 Å². The van der Waals surface area contributed by atoms with Gasteiger partial charge in [0.25, 0.3) is 0 Å². The summed E-state index contributed by atoms with van der Waals surface area (Å²) in [6.07, 6.45) is 4.34. The fourth-order valence-corrected chi connectivity index (χ4v) is 4.91. The zero-order valence-electron chi connectivity index (χ0n) is 19.2. The third kappa shape index (κ3) is 4.49. The Morgan fingerprint density at radius 2 is 1.84 bits per heavy atom. The predicted octanol–water partition coefficient (Wildman–Crippen LogP) is 7.44. The molecule has 0 amide bonds. The molecule has 1 aliphatic heterocycles. The van der Waals surface area contributed by atoms with E-state index in [1.165, 1.54) is 28.2 Å². The van der Waals surface area contributed by atoms with E-state index < -0.39 is 0 Å². The van der Waals surface area contributed by atoms with E-state index in [0.717, 1.165) is 28.1 Å². The minimum Gasteiger partial charge on any atom is -0.496 e. The average Bonchev–Trinajstić information content (AvgIpc) is 2.76. The van der Waals surface area contributed by atoms with Crippen molar-refractivity contribution in [2.45, 2.75) is 37.8 Å². The molecule has 3 nitrogen and oxygen atoms in total. The van der Waals surface area contributed by atoms with Crippen LogP contribution >= 0.6 is 11.8 Å². The minimum absolute atomic E-state index is 0.121. The Kier molecular flexibility index (Phi) is 6.20. The van der Waals surface area contributed by atoms with E-state index in [1.807, 2.05) is 0 Å². The molecular weight excluding hydrogens is 419 g/mol. The zero-order valence-corrected chi connectivity index (χ0v) is 20.0. The summed E-state index contributed by atoms with van der Waals surface area (Å²) in [5.74, 6) is 0.220. The monoisotopic (exact) mass is 448 g/mol. The van der Waals surface area contributed by atoms with Crippen molar-refractivity contribution in [2.24, 2.45) is 0 Å². The molecule has 2 N–H and O–H groups in total. The first-order chi connectivity index (χ1) is 15.3. The third-order valence-corrected chi connectivity index (χ3v) is 6.46. The maximum atomic E-state index is 13.9. The van der Waals surface area contributed by atoms with Gasteiger partial charge in [-0.1, -0.05) is 18.2 Å². The summed E-state index contributed by atoms with van der Waals surface area (Å²) >= 11 is 1.72. The van der Waals surface area contributed by atoms with Crippen LogP contribution < -0.4 is 15.4 Å². The topological polar surface area (TPSA) is 33.3 Å². The summed E-state index contributed by atoms with van der Waals surface area (Å²) in [4.78, 5) is 1.21. The molecule has 0 fully saturated rings. The van der Waals surface area contributed by atoms with Crippen molar-refractivity contribution in [1.82, 2.24) is 0 Å². The van der Waals surface area contributed by atoms with Crippen molar-refractivity contribution in [2.75, 3.05) is 24.0 Å². The second kappa shape index (κ2) is 8.91. The molecule has 5 heteroatoms. The Bertz CT molecular complexity index is 1190. The summed E-state index contributed by atoms with van der Waals surface area (Å²) in [6.45, 7) is 7.12. The molecule has 3 aromatic carbocycles. The Labute approximate surface area is 194 Å². The van der Waals surface area contributed by atoms with E-state index in [-0.39, 0.29) is 11.4 Å². The van der Waals surface area contributed by atoms with Crippen LogP contribution in [0.4, 0.5) is 15.8 Å². The normalized spacial score (nSPS) is 14.2. The average molecular weight is 449 g/mol. The molecular formula is C27H29FN2OS. The number of anilines is 2. The number of fused-ring (bicyclic) bond motifs is 1. The van der Waals surface area contributed by atoms with Crippen molar-refractivity contribution in [1.29, 1.82) is 0 Å². The first-order valence-corrected chi connectivity index (χ1v) is 11.9. The second-order valence-corrected chi connectivity index (χ2v) is 9.50. The highest BCUT2D eigenvalue weighted by Gasteiger charge is 2.26. The van der Waals surface area contributed by atoms with E-state index in [0.29, 0.717) is 12.3 Å². The first-order valence-electron chi connectivity index (χ1n) is 10.7. The van der Waals surface area contributed by atoms with Gasteiger partial charge in [-0.3, -0.25) is 0 Å². The van der Waals surface area contributed by atoms with Gasteiger partial charge in [0.1, 0.15) is 11.6 Å². The summed E-state index contributed by atoms with van der Waals surface area (Å²) in [7, 11) is 1.58. The molecule has 0 unspecified atom stereocenters. The summed E-state index contributed by atoms with van der Waals surface area (Å²) in [5.41, 5.74) is 7.52. The van der Waals surface area contributed by atoms with Crippen LogP contribution in [0, 0.1) is 5.82 Å². The fourth-order valence-electron chi connectivity index (χ4n) is 4.45.